The van der Waals surface area contributed by atoms with Gasteiger partial charge >= 0.3 is 5.97 Å². The zero-order chi connectivity index (χ0) is 23.0. The third-order valence-corrected chi connectivity index (χ3v) is 5.66. The van der Waals surface area contributed by atoms with Crippen molar-refractivity contribution in [1.82, 2.24) is 4.72 Å². The molecule has 2 aromatic carbocycles. The van der Waals surface area contributed by atoms with Crippen LogP contribution in [0.4, 0.5) is 5.69 Å². The third kappa shape index (κ3) is 7.19. The van der Waals surface area contributed by atoms with E-state index in [1.165, 1.54) is 45.2 Å². The molecule has 0 fully saturated rings. The molecule has 9 nitrogen and oxygen atoms in total. The standard InChI is InChI=1S/C21H24N2O7S/c1-14(24)16-4-9-20(29-3)17(12-16)13-30-21(26)10-11-22-31(27,28)19-7-5-18(6-8-19)23-15(2)25/h4-9,12,22H,10-11,13H2,1-3H3,(H,23,25). The molecule has 0 atom stereocenters. The molecule has 0 radical (unpaired) electrons. The molecule has 0 aliphatic heterocycles. The maximum absolute atomic E-state index is 12.3. The van der Waals surface area contributed by atoms with E-state index in [2.05, 4.69) is 10.0 Å². The van der Waals surface area contributed by atoms with Crippen molar-refractivity contribution in [3.05, 3.63) is 53.6 Å². The zero-order valence-electron chi connectivity index (χ0n) is 17.4. The molecule has 166 valence electrons. The number of sulfonamides is 1. The van der Waals surface area contributed by atoms with Gasteiger partial charge in [-0.3, -0.25) is 14.4 Å². The van der Waals surface area contributed by atoms with E-state index in [1.807, 2.05) is 0 Å². The number of hydrogen-bond acceptors (Lipinski definition) is 7. The average molecular weight is 448 g/mol. The Kier molecular flexibility index (Phi) is 8.29. The summed E-state index contributed by atoms with van der Waals surface area (Å²) < 4.78 is 37.3. The van der Waals surface area contributed by atoms with Gasteiger partial charge in [0, 0.05) is 30.3 Å². The van der Waals surface area contributed by atoms with Gasteiger partial charge in [0.15, 0.2) is 5.78 Å². The predicted molar refractivity (Wildman–Crippen MR) is 113 cm³/mol. The lowest BCUT2D eigenvalue weighted by Gasteiger charge is -2.11. The number of rotatable bonds is 10. The fourth-order valence-corrected chi connectivity index (χ4v) is 3.66. The Bertz CT molecular complexity index is 1060. The first kappa shape index (κ1) is 24.0. The van der Waals surface area contributed by atoms with Gasteiger partial charge < -0.3 is 14.8 Å². The van der Waals surface area contributed by atoms with Crippen LogP contribution in [-0.2, 0) is 31.0 Å². The highest BCUT2D eigenvalue weighted by molar-refractivity contribution is 7.89. The van der Waals surface area contributed by atoms with Gasteiger partial charge in [0.05, 0.1) is 18.4 Å². The number of anilines is 1. The van der Waals surface area contributed by atoms with E-state index in [9.17, 15) is 22.8 Å². The molecular weight excluding hydrogens is 424 g/mol. The number of methoxy groups -OCH3 is 1. The number of carbonyl (C=O) groups is 3. The number of ether oxygens (including phenoxy) is 2. The normalized spacial score (nSPS) is 10.9. The Labute approximate surface area is 180 Å². The van der Waals surface area contributed by atoms with Crippen LogP contribution in [0.25, 0.3) is 0 Å². The fraction of sp³-hybridized carbons (Fsp3) is 0.286. The van der Waals surface area contributed by atoms with Crippen LogP contribution in [0.1, 0.15) is 36.2 Å². The van der Waals surface area contributed by atoms with Gasteiger partial charge in [-0.05, 0) is 49.4 Å². The molecule has 2 rings (SSSR count). The van der Waals surface area contributed by atoms with Crippen molar-refractivity contribution in [1.29, 1.82) is 0 Å². The summed E-state index contributed by atoms with van der Waals surface area (Å²) in [5.41, 5.74) is 1.46. The molecule has 0 aliphatic rings. The lowest BCUT2D eigenvalue weighted by atomic mass is 10.1. The van der Waals surface area contributed by atoms with Gasteiger partial charge in [-0.1, -0.05) is 0 Å². The number of nitrogens with one attached hydrogen (secondary N) is 2. The van der Waals surface area contributed by atoms with Crippen LogP contribution in [0.5, 0.6) is 5.75 Å². The molecule has 0 saturated heterocycles. The molecule has 10 heteroatoms. The van der Waals surface area contributed by atoms with Crippen molar-refractivity contribution in [3.8, 4) is 5.75 Å². The van der Waals surface area contributed by atoms with E-state index in [1.54, 1.807) is 18.2 Å². The minimum atomic E-state index is -3.82. The Morgan fingerprint density at radius 1 is 1.00 bits per heavy atom. The van der Waals surface area contributed by atoms with Crippen LogP contribution in [-0.4, -0.2) is 39.7 Å². The second kappa shape index (κ2) is 10.7. The minimum absolute atomic E-state index is 0.000698. The van der Waals surface area contributed by atoms with Gasteiger partial charge in [0.2, 0.25) is 15.9 Å². The Balaban J connectivity index is 1.88. The van der Waals surface area contributed by atoms with Crippen LogP contribution >= 0.6 is 0 Å². The van der Waals surface area contributed by atoms with Crippen LogP contribution in [0, 0.1) is 0 Å². The molecular formula is C21H24N2O7S. The molecule has 1 amide bonds. The van der Waals surface area contributed by atoms with Crippen molar-refractivity contribution < 1.29 is 32.3 Å². The van der Waals surface area contributed by atoms with E-state index in [-0.39, 0.29) is 36.2 Å². The fourth-order valence-electron chi connectivity index (χ4n) is 2.63. The molecule has 0 aliphatic carbocycles. The van der Waals surface area contributed by atoms with Gasteiger partial charge in [-0.2, -0.15) is 0 Å². The lowest BCUT2D eigenvalue weighted by molar-refractivity contribution is -0.144. The number of amides is 1. The highest BCUT2D eigenvalue weighted by atomic mass is 32.2. The number of carbonyl (C=O) groups excluding carboxylic acids is 3. The molecule has 0 spiro atoms. The molecule has 31 heavy (non-hydrogen) atoms. The monoisotopic (exact) mass is 448 g/mol. The summed E-state index contributed by atoms with van der Waals surface area (Å²) in [5, 5.41) is 2.54. The van der Waals surface area contributed by atoms with Gasteiger partial charge in [0.1, 0.15) is 12.4 Å². The van der Waals surface area contributed by atoms with E-state index in [4.69, 9.17) is 9.47 Å². The third-order valence-electron chi connectivity index (χ3n) is 4.18. The summed E-state index contributed by atoms with van der Waals surface area (Å²) >= 11 is 0. The molecule has 2 N–H and O–H groups in total. The number of esters is 1. The highest BCUT2D eigenvalue weighted by Gasteiger charge is 2.15. The SMILES string of the molecule is COc1ccc(C(C)=O)cc1COC(=O)CCNS(=O)(=O)c1ccc(NC(C)=O)cc1. The van der Waals surface area contributed by atoms with E-state index < -0.39 is 16.0 Å². The topological polar surface area (TPSA) is 128 Å². The van der Waals surface area contributed by atoms with Crippen LogP contribution in [0.3, 0.4) is 0 Å². The van der Waals surface area contributed by atoms with E-state index in [0.717, 1.165) is 0 Å². The zero-order valence-corrected chi connectivity index (χ0v) is 18.2. The maximum atomic E-state index is 12.3. The number of ketones is 1. The van der Waals surface area contributed by atoms with Crippen LogP contribution in [0.15, 0.2) is 47.4 Å². The van der Waals surface area contributed by atoms with Gasteiger partial charge in [0.25, 0.3) is 0 Å². The smallest absolute Gasteiger partial charge is 0.307 e. The Morgan fingerprint density at radius 2 is 1.68 bits per heavy atom. The number of hydrogen-bond donors (Lipinski definition) is 2. The molecule has 0 aromatic heterocycles. The van der Waals surface area contributed by atoms with E-state index >= 15 is 0 Å². The summed E-state index contributed by atoms with van der Waals surface area (Å²) in [6.07, 6.45) is -0.183. The van der Waals surface area contributed by atoms with Crippen LogP contribution < -0.4 is 14.8 Å². The molecule has 0 saturated carbocycles. The number of Topliss-reactive ketones (excluding diaryl/α,β-unsaturated/α-hetero) is 1. The molecule has 0 heterocycles. The van der Waals surface area contributed by atoms with Crippen LogP contribution in [0.2, 0.25) is 0 Å². The quantitative estimate of drug-likeness (QED) is 0.421. The maximum Gasteiger partial charge on any atom is 0.307 e. The second-order valence-corrected chi connectivity index (χ2v) is 8.36. The van der Waals surface area contributed by atoms with Crippen molar-refractivity contribution in [2.75, 3.05) is 19.0 Å². The predicted octanol–water partition coefficient (Wildman–Crippen LogP) is 2.27. The van der Waals surface area contributed by atoms with Crippen molar-refractivity contribution in [2.24, 2.45) is 0 Å². The molecule has 0 unspecified atom stereocenters. The summed E-state index contributed by atoms with van der Waals surface area (Å²) in [7, 11) is -2.36. The van der Waals surface area contributed by atoms with Crippen molar-refractivity contribution in [2.45, 2.75) is 31.8 Å². The first-order chi connectivity index (χ1) is 14.6. The first-order valence-corrected chi connectivity index (χ1v) is 10.8. The summed E-state index contributed by atoms with van der Waals surface area (Å²) in [6.45, 7) is 2.51. The van der Waals surface area contributed by atoms with Crippen molar-refractivity contribution >= 4 is 33.4 Å². The molecule has 0 bridgehead atoms. The highest BCUT2D eigenvalue weighted by Crippen LogP contribution is 2.21. The Morgan fingerprint density at radius 3 is 2.26 bits per heavy atom. The summed E-state index contributed by atoms with van der Waals surface area (Å²) in [5.74, 6) is -0.534. The second-order valence-electron chi connectivity index (χ2n) is 6.60. The first-order valence-electron chi connectivity index (χ1n) is 9.33. The van der Waals surface area contributed by atoms with Gasteiger partial charge in [-0.25, -0.2) is 13.1 Å². The lowest BCUT2D eigenvalue weighted by Crippen LogP contribution is -2.26. The number of benzene rings is 2. The van der Waals surface area contributed by atoms with E-state index in [0.29, 0.717) is 22.6 Å². The minimum Gasteiger partial charge on any atom is -0.496 e. The van der Waals surface area contributed by atoms with Gasteiger partial charge in [-0.15, -0.1) is 0 Å². The largest absolute Gasteiger partial charge is 0.496 e. The van der Waals surface area contributed by atoms with Crippen molar-refractivity contribution in [3.63, 3.8) is 0 Å². The summed E-state index contributed by atoms with van der Waals surface area (Å²) in [4.78, 5) is 34.5. The molecule has 2 aromatic rings. The Hall–Kier alpha value is -3.24. The average Bonchev–Trinajstić information content (AvgIpc) is 2.71. The summed E-state index contributed by atoms with van der Waals surface area (Å²) in [6, 6.07) is 10.4.